The molecule has 0 aliphatic carbocycles. The lowest BCUT2D eigenvalue weighted by atomic mass is 10.2. The molecule has 0 aliphatic rings. The summed E-state index contributed by atoms with van der Waals surface area (Å²) in [5.41, 5.74) is 0.684. The molecule has 138 valence electrons. The highest BCUT2D eigenvalue weighted by Crippen LogP contribution is 2.25. The number of hydrogen-bond donors (Lipinski definition) is 1. The van der Waals surface area contributed by atoms with Crippen LogP contribution in [0.5, 0.6) is 0 Å². The summed E-state index contributed by atoms with van der Waals surface area (Å²) in [5.74, 6) is 0.589. The molecule has 0 saturated heterocycles. The van der Waals surface area contributed by atoms with Gasteiger partial charge in [-0.15, -0.1) is 0 Å². The van der Waals surface area contributed by atoms with Gasteiger partial charge in [-0.05, 0) is 31.3 Å². The summed E-state index contributed by atoms with van der Waals surface area (Å²) in [6.45, 7) is 6.93. The second kappa shape index (κ2) is 8.22. The molecule has 9 heteroatoms. The van der Waals surface area contributed by atoms with E-state index < -0.39 is 10.0 Å². The number of nitrogens with zero attached hydrogens (tertiary/aromatic N) is 3. The predicted octanol–water partition coefficient (Wildman–Crippen LogP) is 2.85. The highest BCUT2D eigenvalue weighted by atomic mass is 32.2. The van der Waals surface area contributed by atoms with Crippen molar-refractivity contribution < 1.29 is 13.2 Å². The smallest absolute Gasteiger partial charge is 0.243 e. The van der Waals surface area contributed by atoms with Crippen molar-refractivity contribution in [3.8, 4) is 11.4 Å². The Hall–Kier alpha value is -1.55. The van der Waals surface area contributed by atoms with Gasteiger partial charge in [0.15, 0.2) is 10.6 Å². The van der Waals surface area contributed by atoms with Crippen molar-refractivity contribution in [1.82, 2.24) is 19.1 Å². The molecule has 0 aliphatic heterocycles. The van der Waals surface area contributed by atoms with Crippen LogP contribution in [0.4, 0.5) is 0 Å². The summed E-state index contributed by atoms with van der Waals surface area (Å²) in [5, 5.41) is 7.06. The molecule has 0 radical (unpaired) electrons. The normalized spacial score (nSPS) is 13.3. The number of aromatic amines is 1. The number of hydrogen-bond acceptors (Lipinski definition) is 5. The van der Waals surface area contributed by atoms with Gasteiger partial charge in [-0.25, -0.2) is 8.42 Å². The number of sulfonamides is 1. The van der Waals surface area contributed by atoms with Gasteiger partial charge in [0.05, 0.1) is 17.5 Å². The molecule has 2 rings (SSSR count). The average molecular weight is 385 g/mol. The van der Waals surface area contributed by atoms with Crippen LogP contribution in [0.3, 0.4) is 0 Å². The summed E-state index contributed by atoms with van der Waals surface area (Å²) < 4.78 is 34.4. The Kier molecular flexibility index (Phi) is 6.50. The molecule has 0 saturated carbocycles. The molecule has 0 unspecified atom stereocenters. The van der Waals surface area contributed by atoms with Crippen molar-refractivity contribution in [1.29, 1.82) is 0 Å². The fraction of sp³-hybridized carbons (Fsp3) is 0.500. The molecule has 1 atom stereocenters. The van der Waals surface area contributed by atoms with Gasteiger partial charge >= 0.3 is 0 Å². The van der Waals surface area contributed by atoms with Crippen LogP contribution in [-0.4, -0.2) is 54.3 Å². The molecule has 0 amide bonds. The molecule has 1 aromatic heterocycles. The number of rotatable bonds is 8. The lowest BCUT2D eigenvalue weighted by Crippen LogP contribution is -2.30. The minimum Gasteiger partial charge on any atom is -0.383 e. The van der Waals surface area contributed by atoms with Gasteiger partial charge in [0, 0.05) is 25.8 Å². The minimum absolute atomic E-state index is 0.0331. The molecule has 25 heavy (non-hydrogen) atoms. The second-order valence-electron chi connectivity index (χ2n) is 5.64. The Balaban J connectivity index is 2.53. The fourth-order valence-electron chi connectivity index (χ4n) is 2.74. The maximum absolute atomic E-state index is 12.8. The first-order chi connectivity index (χ1) is 11.9. The first-order valence-electron chi connectivity index (χ1n) is 8.13. The van der Waals surface area contributed by atoms with E-state index in [9.17, 15) is 8.42 Å². The van der Waals surface area contributed by atoms with E-state index in [4.69, 9.17) is 17.0 Å². The van der Waals surface area contributed by atoms with Crippen molar-refractivity contribution in [3.05, 3.63) is 29.0 Å². The van der Waals surface area contributed by atoms with Crippen LogP contribution < -0.4 is 0 Å². The Morgan fingerprint density at radius 3 is 2.64 bits per heavy atom. The SMILES string of the molecule is CCN(CC)S(=O)(=O)c1cccc(-c2n[nH]c(=S)n2[C@@H](C)COC)c1. The van der Waals surface area contributed by atoms with Gasteiger partial charge < -0.3 is 4.74 Å². The summed E-state index contributed by atoms with van der Waals surface area (Å²) in [6.07, 6.45) is 0. The number of methoxy groups -OCH3 is 1. The maximum Gasteiger partial charge on any atom is 0.243 e. The van der Waals surface area contributed by atoms with E-state index in [0.29, 0.717) is 35.9 Å². The van der Waals surface area contributed by atoms with Crippen molar-refractivity contribution >= 4 is 22.2 Å². The van der Waals surface area contributed by atoms with Crippen LogP contribution in [0.1, 0.15) is 26.8 Å². The zero-order valence-corrected chi connectivity index (χ0v) is 16.5. The molecular weight excluding hydrogens is 360 g/mol. The lowest BCUT2D eigenvalue weighted by Gasteiger charge is -2.19. The summed E-state index contributed by atoms with van der Waals surface area (Å²) in [7, 11) is -1.91. The number of H-pyrrole nitrogens is 1. The Labute approximate surface area is 153 Å². The molecular formula is C16H24N4O3S2. The first kappa shape index (κ1) is 19.8. The molecule has 1 aromatic carbocycles. The van der Waals surface area contributed by atoms with E-state index in [1.807, 2.05) is 31.4 Å². The van der Waals surface area contributed by atoms with E-state index in [1.165, 1.54) is 4.31 Å². The maximum atomic E-state index is 12.8. The van der Waals surface area contributed by atoms with Gasteiger partial charge in [0.1, 0.15) is 0 Å². The van der Waals surface area contributed by atoms with E-state index in [2.05, 4.69) is 10.2 Å². The summed E-state index contributed by atoms with van der Waals surface area (Å²) in [4.78, 5) is 0.244. The third kappa shape index (κ3) is 4.00. The van der Waals surface area contributed by atoms with Gasteiger partial charge in [-0.1, -0.05) is 26.0 Å². The number of ether oxygens (including phenoxy) is 1. The largest absolute Gasteiger partial charge is 0.383 e. The van der Waals surface area contributed by atoms with E-state index in [0.717, 1.165) is 0 Å². The molecule has 0 spiro atoms. The van der Waals surface area contributed by atoms with Gasteiger partial charge in [-0.2, -0.15) is 9.40 Å². The zero-order chi connectivity index (χ0) is 18.6. The molecule has 0 bridgehead atoms. The quantitative estimate of drug-likeness (QED) is 0.708. The average Bonchev–Trinajstić information content (AvgIpc) is 2.98. The minimum atomic E-state index is -3.53. The van der Waals surface area contributed by atoms with Crippen molar-refractivity contribution in [3.63, 3.8) is 0 Å². The van der Waals surface area contributed by atoms with E-state index in [-0.39, 0.29) is 10.9 Å². The lowest BCUT2D eigenvalue weighted by molar-refractivity contribution is 0.162. The zero-order valence-electron chi connectivity index (χ0n) is 14.9. The Bertz CT molecular complexity index is 870. The fourth-order valence-corrected chi connectivity index (χ4v) is 4.56. The van der Waals surface area contributed by atoms with Crippen LogP contribution in [0.2, 0.25) is 0 Å². The van der Waals surface area contributed by atoms with Crippen molar-refractivity contribution in [2.45, 2.75) is 31.7 Å². The summed E-state index contributed by atoms with van der Waals surface area (Å²) in [6, 6.07) is 6.74. The molecule has 2 aromatic rings. The second-order valence-corrected chi connectivity index (χ2v) is 7.97. The third-order valence-electron chi connectivity index (χ3n) is 3.99. The molecule has 0 fully saturated rings. The highest BCUT2D eigenvalue weighted by Gasteiger charge is 2.23. The number of nitrogens with one attached hydrogen (secondary N) is 1. The third-order valence-corrected chi connectivity index (χ3v) is 6.32. The standard InChI is InChI=1S/C16H24N4O3S2/c1-5-19(6-2)25(21,22)14-9-7-8-13(10-14)15-17-18-16(24)20(15)12(3)11-23-4/h7-10,12H,5-6,11H2,1-4H3,(H,18,24)/t12-/m0/s1. The van der Waals surface area contributed by atoms with Gasteiger partial charge in [0.2, 0.25) is 10.0 Å². The van der Waals surface area contributed by atoms with Crippen LogP contribution >= 0.6 is 12.2 Å². The van der Waals surface area contributed by atoms with Crippen LogP contribution in [-0.2, 0) is 14.8 Å². The van der Waals surface area contributed by atoms with Gasteiger partial charge in [-0.3, -0.25) is 9.67 Å². The van der Waals surface area contributed by atoms with Crippen LogP contribution in [0.15, 0.2) is 29.2 Å². The van der Waals surface area contributed by atoms with Crippen LogP contribution in [0.25, 0.3) is 11.4 Å². The predicted molar refractivity (Wildman–Crippen MR) is 99.5 cm³/mol. The van der Waals surface area contributed by atoms with Crippen molar-refractivity contribution in [2.75, 3.05) is 26.8 Å². The first-order valence-corrected chi connectivity index (χ1v) is 9.98. The topological polar surface area (TPSA) is 80.2 Å². The molecule has 1 heterocycles. The highest BCUT2D eigenvalue weighted by molar-refractivity contribution is 7.89. The van der Waals surface area contributed by atoms with Crippen LogP contribution in [0, 0.1) is 4.77 Å². The number of aromatic nitrogens is 3. The number of benzene rings is 1. The van der Waals surface area contributed by atoms with Gasteiger partial charge in [0.25, 0.3) is 0 Å². The Morgan fingerprint density at radius 2 is 2.04 bits per heavy atom. The van der Waals surface area contributed by atoms with E-state index in [1.54, 1.807) is 25.3 Å². The Morgan fingerprint density at radius 1 is 1.36 bits per heavy atom. The van der Waals surface area contributed by atoms with Crippen molar-refractivity contribution in [2.24, 2.45) is 0 Å². The summed E-state index contributed by atoms with van der Waals surface area (Å²) >= 11 is 5.31. The molecule has 1 N–H and O–H groups in total. The van der Waals surface area contributed by atoms with E-state index >= 15 is 0 Å². The monoisotopic (exact) mass is 384 g/mol. The molecule has 7 nitrogen and oxygen atoms in total.